The summed E-state index contributed by atoms with van der Waals surface area (Å²) in [5.74, 6) is 4.88. The quantitative estimate of drug-likeness (QED) is 0.407. The normalized spacial score (nSPS) is 9.06. The van der Waals surface area contributed by atoms with Gasteiger partial charge in [0.2, 0.25) is 0 Å². The first-order chi connectivity index (χ1) is 7.65. The zero-order chi connectivity index (χ0) is 12.0. The average Bonchev–Trinajstić information content (AvgIpc) is 2.27. The van der Waals surface area contributed by atoms with Crippen LogP contribution in [0.15, 0.2) is 18.2 Å². The van der Waals surface area contributed by atoms with Crippen LogP contribution < -0.4 is 5.32 Å². The molecule has 0 radical (unpaired) electrons. The zero-order valence-corrected chi connectivity index (χ0v) is 8.95. The molecule has 4 nitrogen and oxygen atoms in total. The minimum Gasteiger partial charge on any atom is -0.508 e. The van der Waals surface area contributed by atoms with Crippen molar-refractivity contribution in [2.24, 2.45) is 0 Å². The number of phenols is 2. The summed E-state index contributed by atoms with van der Waals surface area (Å²) >= 11 is 0. The zero-order valence-electron chi connectivity index (χ0n) is 8.95. The van der Waals surface area contributed by atoms with Crippen LogP contribution in [-0.2, 0) is 0 Å². The molecule has 16 heavy (non-hydrogen) atoms. The van der Waals surface area contributed by atoms with Crippen LogP contribution in [0, 0.1) is 11.8 Å². The van der Waals surface area contributed by atoms with Crippen LogP contribution in [0.2, 0.25) is 0 Å². The highest BCUT2D eigenvalue weighted by Crippen LogP contribution is 2.21. The van der Waals surface area contributed by atoms with Gasteiger partial charge >= 0.3 is 0 Å². The third kappa shape index (κ3) is 3.21. The van der Waals surface area contributed by atoms with E-state index < -0.39 is 5.91 Å². The van der Waals surface area contributed by atoms with Crippen LogP contribution in [0.25, 0.3) is 0 Å². The molecule has 84 valence electrons. The smallest absolute Gasteiger partial charge is 0.255 e. The Morgan fingerprint density at radius 3 is 2.88 bits per heavy atom. The van der Waals surface area contributed by atoms with Gasteiger partial charge in [0.1, 0.15) is 11.5 Å². The summed E-state index contributed by atoms with van der Waals surface area (Å²) in [6.07, 6.45) is 0.557. The molecule has 0 atom stereocenters. The van der Waals surface area contributed by atoms with E-state index in [2.05, 4.69) is 17.2 Å². The van der Waals surface area contributed by atoms with E-state index in [0.717, 1.165) is 0 Å². The maximum atomic E-state index is 11.6. The van der Waals surface area contributed by atoms with Gasteiger partial charge in [-0.05, 0) is 25.1 Å². The van der Waals surface area contributed by atoms with Crippen LogP contribution in [0.5, 0.6) is 11.5 Å². The second-order valence-electron chi connectivity index (χ2n) is 3.13. The third-order valence-electron chi connectivity index (χ3n) is 1.94. The number of rotatable bonds is 3. The molecule has 1 rings (SSSR count). The first-order valence-electron chi connectivity index (χ1n) is 4.85. The highest BCUT2D eigenvalue weighted by molar-refractivity contribution is 5.97. The molecule has 1 aromatic carbocycles. The average molecular weight is 219 g/mol. The number of aromatic hydroxyl groups is 2. The summed E-state index contributed by atoms with van der Waals surface area (Å²) in [5, 5.41) is 21.2. The first kappa shape index (κ1) is 11.9. The van der Waals surface area contributed by atoms with Crippen molar-refractivity contribution in [2.75, 3.05) is 6.54 Å². The minimum absolute atomic E-state index is 0.0590. The molecule has 0 aliphatic rings. The Morgan fingerprint density at radius 2 is 2.19 bits per heavy atom. The fourth-order valence-electron chi connectivity index (χ4n) is 1.16. The maximum Gasteiger partial charge on any atom is 0.255 e. The SMILES string of the molecule is CC#CCCNC(=O)c1cc(O)ccc1O. The molecule has 4 heteroatoms. The lowest BCUT2D eigenvalue weighted by atomic mass is 10.1. The lowest BCUT2D eigenvalue weighted by Gasteiger charge is -2.05. The van der Waals surface area contributed by atoms with Gasteiger partial charge in [0.15, 0.2) is 0 Å². The molecular weight excluding hydrogens is 206 g/mol. The van der Waals surface area contributed by atoms with Gasteiger partial charge in [0, 0.05) is 13.0 Å². The van der Waals surface area contributed by atoms with Crippen LogP contribution in [0.4, 0.5) is 0 Å². The summed E-state index contributed by atoms with van der Waals surface area (Å²) in [6.45, 7) is 2.14. The number of carbonyl (C=O) groups excluding carboxylic acids is 1. The van der Waals surface area contributed by atoms with Gasteiger partial charge in [0.25, 0.3) is 5.91 Å². The van der Waals surface area contributed by atoms with Crippen molar-refractivity contribution >= 4 is 5.91 Å². The van der Waals surface area contributed by atoms with Gasteiger partial charge in [-0.15, -0.1) is 11.8 Å². The van der Waals surface area contributed by atoms with Gasteiger partial charge in [-0.1, -0.05) is 0 Å². The van der Waals surface area contributed by atoms with Crippen LogP contribution in [-0.4, -0.2) is 22.7 Å². The summed E-state index contributed by atoms with van der Waals surface area (Å²) in [7, 11) is 0. The van der Waals surface area contributed by atoms with Gasteiger partial charge in [-0.2, -0.15) is 0 Å². The number of benzene rings is 1. The van der Waals surface area contributed by atoms with E-state index in [4.69, 9.17) is 0 Å². The van der Waals surface area contributed by atoms with E-state index in [1.54, 1.807) is 6.92 Å². The predicted molar refractivity (Wildman–Crippen MR) is 60.2 cm³/mol. The lowest BCUT2D eigenvalue weighted by Crippen LogP contribution is -2.24. The molecule has 1 amide bonds. The van der Waals surface area contributed by atoms with E-state index in [-0.39, 0.29) is 17.1 Å². The third-order valence-corrected chi connectivity index (χ3v) is 1.94. The Kier molecular flexibility index (Phi) is 4.22. The summed E-state index contributed by atoms with van der Waals surface area (Å²) in [5.41, 5.74) is 0.0597. The number of carbonyl (C=O) groups is 1. The molecule has 0 aliphatic heterocycles. The van der Waals surface area contributed by atoms with E-state index >= 15 is 0 Å². The van der Waals surface area contributed by atoms with E-state index in [1.807, 2.05) is 0 Å². The van der Waals surface area contributed by atoms with E-state index in [9.17, 15) is 15.0 Å². The molecule has 0 aliphatic carbocycles. The molecule has 0 unspecified atom stereocenters. The van der Waals surface area contributed by atoms with Gasteiger partial charge in [-0.25, -0.2) is 0 Å². The topological polar surface area (TPSA) is 69.6 Å². The molecule has 0 fully saturated rings. The number of phenolic OH excluding ortho intramolecular Hbond substituents is 2. The summed E-state index contributed by atoms with van der Waals surface area (Å²) in [6, 6.07) is 3.81. The molecular formula is C12H13NO3. The van der Waals surface area contributed by atoms with Crippen molar-refractivity contribution in [2.45, 2.75) is 13.3 Å². The minimum atomic E-state index is -0.425. The van der Waals surface area contributed by atoms with E-state index in [0.29, 0.717) is 13.0 Å². The molecule has 0 saturated carbocycles. The van der Waals surface area contributed by atoms with Gasteiger partial charge in [0.05, 0.1) is 5.56 Å². The van der Waals surface area contributed by atoms with Crippen molar-refractivity contribution in [3.05, 3.63) is 23.8 Å². The first-order valence-corrected chi connectivity index (χ1v) is 4.85. The van der Waals surface area contributed by atoms with Crippen molar-refractivity contribution in [1.29, 1.82) is 0 Å². The standard InChI is InChI=1S/C12H13NO3/c1-2-3-4-7-13-12(16)10-8-9(14)5-6-11(10)15/h5-6,8,14-15H,4,7H2,1H3,(H,13,16). The van der Waals surface area contributed by atoms with Crippen LogP contribution in [0.3, 0.4) is 0 Å². The fourth-order valence-corrected chi connectivity index (χ4v) is 1.16. The Morgan fingerprint density at radius 1 is 1.44 bits per heavy atom. The predicted octanol–water partition coefficient (Wildman–Crippen LogP) is 1.24. The maximum absolute atomic E-state index is 11.6. The van der Waals surface area contributed by atoms with Gasteiger partial charge < -0.3 is 15.5 Å². The molecule has 0 bridgehead atoms. The number of nitrogens with one attached hydrogen (secondary N) is 1. The Balaban J connectivity index is 2.64. The highest BCUT2D eigenvalue weighted by atomic mass is 16.3. The fraction of sp³-hybridized carbons (Fsp3) is 0.250. The van der Waals surface area contributed by atoms with Crippen molar-refractivity contribution in [3.8, 4) is 23.3 Å². The van der Waals surface area contributed by atoms with Gasteiger partial charge in [-0.3, -0.25) is 4.79 Å². The van der Waals surface area contributed by atoms with Crippen molar-refractivity contribution in [3.63, 3.8) is 0 Å². The van der Waals surface area contributed by atoms with Crippen LogP contribution in [0.1, 0.15) is 23.7 Å². The van der Waals surface area contributed by atoms with E-state index in [1.165, 1.54) is 18.2 Å². The van der Waals surface area contributed by atoms with Crippen LogP contribution >= 0.6 is 0 Å². The Bertz CT molecular complexity index is 443. The second kappa shape index (κ2) is 5.66. The molecule has 1 aromatic rings. The number of hydrogen-bond acceptors (Lipinski definition) is 3. The largest absolute Gasteiger partial charge is 0.508 e. The second-order valence-corrected chi connectivity index (χ2v) is 3.13. The molecule has 0 heterocycles. The monoisotopic (exact) mass is 219 g/mol. The summed E-state index contributed by atoms with van der Waals surface area (Å²) in [4.78, 5) is 11.6. The molecule has 0 saturated heterocycles. The number of hydrogen-bond donors (Lipinski definition) is 3. The molecule has 0 spiro atoms. The highest BCUT2D eigenvalue weighted by Gasteiger charge is 2.10. The van der Waals surface area contributed by atoms with Crippen molar-refractivity contribution in [1.82, 2.24) is 5.32 Å². The number of amides is 1. The lowest BCUT2D eigenvalue weighted by molar-refractivity contribution is 0.0951. The molecule has 3 N–H and O–H groups in total. The van der Waals surface area contributed by atoms with Crippen molar-refractivity contribution < 1.29 is 15.0 Å². The Labute approximate surface area is 93.9 Å². The summed E-state index contributed by atoms with van der Waals surface area (Å²) < 4.78 is 0. The Hall–Kier alpha value is -2.15. The molecule has 0 aromatic heterocycles.